The fourth-order valence-corrected chi connectivity index (χ4v) is 5.27. The van der Waals surface area contributed by atoms with Gasteiger partial charge in [0.2, 0.25) is 10.0 Å². The largest absolute Gasteiger partial charge is 0.358 e. The summed E-state index contributed by atoms with van der Waals surface area (Å²) in [5.74, 6) is -0.657. The summed E-state index contributed by atoms with van der Waals surface area (Å²) in [5, 5.41) is 9.65. The van der Waals surface area contributed by atoms with Crippen molar-refractivity contribution in [2.75, 3.05) is 6.54 Å². The summed E-state index contributed by atoms with van der Waals surface area (Å²) in [6, 6.07) is 14.1. The summed E-state index contributed by atoms with van der Waals surface area (Å²) < 4.78 is 28.1. The summed E-state index contributed by atoms with van der Waals surface area (Å²) in [7, 11) is -3.69. The Morgan fingerprint density at radius 1 is 1.16 bits per heavy atom. The van der Waals surface area contributed by atoms with Gasteiger partial charge in [-0.15, -0.1) is 0 Å². The molecule has 1 aromatic heterocycles. The maximum atomic E-state index is 13.3. The first-order valence-corrected chi connectivity index (χ1v) is 11.5. The van der Waals surface area contributed by atoms with Gasteiger partial charge in [-0.25, -0.2) is 13.9 Å². The molecule has 0 aliphatic heterocycles. The average molecular weight is 442 g/mol. The van der Waals surface area contributed by atoms with Gasteiger partial charge < -0.3 is 4.98 Å². The molecule has 0 saturated carbocycles. The van der Waals surface area contributed by atoms with E-state index in [2.05, 4.69) is 4.98 Å². The lowest BCUT2D eigenvalue weighted by Gasteiger charge is -2.26. The molecular formula is C23H27N3O4S. The number of nitrogens with zero attached hydrogens (tertiary/aromatic N) is 1. The molecule has 8 heteroatoms. The lowest BCUT2D eigenvalue weighted by Crippen LogP contribution is -2.38. The normalized spacial score (nSPS) is 12.3. The smallest absolute Gasteiger partial charge is 0.267 e. The van der Waals surface area contributed by atoms with E-state index >= 15 is 0 Å². The molecule has 3 rings (SSSR count). The van der Waals surface area contributed by atoms with E-state index in [9.17, 15) is 13.2 Å². The molecule has 1 amide bonds. The topological polar surface area (TPSA) is 103 Å². The van der Waals surface area contributed by atoms with E-state index < -0.39 is 15.9 Å². The number of aromatic nitrogens is 1. The zero-order valence-corrected chi connectivity index (χ0v) is 18.6. The summed E-state index contributed by atoms with van der Waals surface area (Å²) in [5.41, 5.74) is 5.37. The summed E-state index contributed by atoms with van der Waals surface area (Å²) in [4.78, 5) is 14.7. The van der Waals surface area contributed by atoms with Gasteiger partial charge in [0, 0.05) is 35.3 Å². The number of hydrogen-bond acceptors (Lipinski definition) is 4. The Morgan fingerprint density at radius 2 is 1.84 bits per heavy atom. The standard InChI is InChI=1S/C23H27N3O4S/c1-16(2)26(15-14-20-17(3)24-22-7-5-4-6-21(20)22)31(29,30)19-11-8-18(9-12-19)10-13-23(27)25-28/h4-13,16,24,28H,14-15H2,1-3H3,(H,25,27)/b13-10+. The molecule has 0 radical (unpaired) electrons. The molecule has 164 valence electrons. The maximum absolute atomic E-state index is 13.3. The first kappa shape index (κ1) is 22.7. The predicted molar refractivity (Wildman–Crippen MR) is 121 cm³/mol. The molecule has 7 nitrogen and oxygen atoms in total. The zero-order chi connectivity index (χ0) is 22.6. The number of para-hydroxylation sites is 1. The molecule has 0 unspecified atom stereocenters. The molecule has 0 saturated heterocycles. The van der Waals surface area contributed by atoms with E-state index in [1.165, 1.54) is 28.0 Å². The molecule has 3 aromatic rings. The Morgan fingerprint density at radius 3 is 2.48 bits per heavy atom. The number of benzene rings is 2. The van der Waals surface area contributed by atoms with Gasteiger partial charge in [0.1, 0.15) is 0 Å². The first-order chi connectivity index (χ1) is 14.7. The number of carbonyl (C=O) groups excluding carboxylic acids is 1. The van der Waals surface area contributed by atoms with Gasteiger partial charge in [0.25, 0.3) is 5.91 Å². The van der Waals surface area contributed by atoms with E-state index in [4.69, 9.17) is 5.21 Å². The van der Waals surface area contributed by atoms with Crippen LogP contribution in [0.2, 0.25) is 0 Å². The van der Waals surface area contributed by atoms with Crippen molar-refractivity contribution in [3.8, 4) is 0 Å². The van der Waals surface area contributed by atoms with Crippen LogP contribution in [-0.4, -0.2) is 41.4 Å². The number of hydroxylamine groups is 1. The Kier molecular flexibility index (Phi) is 6.94. The van der Waals surface area contributed by atoms with Gasteiger partial charge in [-0.05, 0) is 62.6 Å². The number of sulfonamides is 1. The van der Waals surface area contributed by atoms with Gasteiger partial charge in [0.15, 0.2) is 0 Å². The number of carbonyl (C=O) groups is 1. The van der Waals surface area contributed by atoms with Crippen molar-refractivity contribution >= 4 is 32.9 Å². The van der Waals surface area contributed by atoms with E-state index in [0.29, 0.717) is 18.5 Å². The van der Waals surface area contributed by atoms with Crippen molar-refractivity contribution in [1.82, 2.24) is 14.8 Å². The highest BCUT2D eigenvalue weighted by molar-refractivity contribution is 7.89. The predicted octanol–water partition coefficient (Wildman–Crippen LogP) is 3.64. The van der Waals surface area contributed by atoms with Gasteiger partial charge in [-0.1, -0.05) is 30.3 Å². The number of H-pyrrole nitrogens is 1. The number of fused-ring (bicyclic) bond motifs is 1. The highest BCUT2D eigenvalue weighted by Gasteiger charge is 2.27. The van der Waals surface area contributed by atoms with Crippen LogP contribution in [0, 0.1) is 6.92 Å². The van der Waals surface area contributed by atoms with Crippen molar-refractivity contribution in [3.63, 3.8) is 0 Å². The van der Waals surface area contributed by atoms with Crippen LogP contribution in [0.4, 0.5) is 0 Å². The summed E-state index contributed by atoms with van der Waals surface area (Å²) >= 11 is 0. The van der Waals surface area contributed by atoms with E-state index in [1.54, 1.807) is 12.1 Å². The third-order valence-corrected chi connectivity index (χ3v) is 7.30. The minimum atomic E-state index is -3.69. The number of nitrogens with one attached hydrogen (secondary N) is 2. The van der Waals surface area contributed by atoms with E-state index in [1.807, 2.05) is 45.0 Å². The minimum Gasteiger partial charge on any atom is -0.358 e. The molecule has 1 heterocycles. The molecule has 31 heavy (non-hydrogen) atoms. The molecule has 0 aliphatic carbocycles. The second-order valence-corrected chi connectivity index (χ2v) is 9.50. The van der Waals surface area contributed by atoms with Gasteiger partial charge in [-0.3, -0.25) is 10.0 Å². The van der Waals surface area contributed by atoms with Crippen LogP contribution in [0.5, 0.6) is 0 Å². The van der Waals surface area contributed by atoms with Crippen molar-refractivity contribution in [2.45, 2.75) is 38.1 Å². The second-order valence-electron chi connectivity index (χ2n) is 7.61. The van der Waals surface area contributed by atoms with Crippen LogP contribution in [0.25, 0.3) is 17.0 Å². The monoisotopic (exact) mass is 441 g/mol. The number of aromatic amines is 1. The number of rotatable bonds is 8. The molecular weight excluding hydrogens is 414 g/mol. The van der Waals surface area contributed by atoms with Crippen LogP contribution in [0.1, 0.15) is 30.7 Å². The number of aryl methyl sites for hydroxylation is 1. The zero-order valence-electron chi connectivity index (χ0n) is 17.8. The van der Waals surface area contributed by atoms with Crippen molar-refractivity contribution in [2.24, 2.45) is 0 Å². The molecule has 0 bridgehead atoms. The Hall–Kier alpha value is -2.94. The van der Waals surface area contributed by atoms with Crippen LogP contribution in [0.15, 0.2) is 59.5 Å². The summed E-state index contributed by atoms with van der Waals surface area (Å²) in [6.07, 6.45) is 3.25. The molecule has 0 fully saturated rings. The highest BCUT2D eigenvalue weighted by Crippen LogP contribution is 2.25. The molecule has 2 aromatic carbocycles. The Bertz CT molecular complexity index is 1200. The lowest BCUT2D eigenvalue weighted by molar-refractivity contribution is -0.124. The van der Waals surface area contributed by atoms with Gasteiger partial charge in [0.05, 0.1) is 4.90 Å². The average Bonchev–Trinajstić information content (AvgIpc) is 3.07. The molecule has 0 aliphatic rings. The molecule has 0 atom stereocenters. The molecule has 0 spiro atoms. The van der Waals surface area contributed by atoms with Crippen molar-refractivity contribution < 1.29 is 18.4 Å². The Labute approximate surface area is 182 Å². The van der Waals surface area contributed by atoms with E-state index in [-0.39, 0.29) is 10.9 Å². The van der Waals surface area contributed by atoms with Gasteiger partial charge in [-0.2, -0.15) is 4.31 Å². The molecule has 3 N–H and O–H groups in total. The van der Waals surface area contributed by atoms with Gasteiger partial charge >= 0.3 is 0 Å². The van der Waals surface area contributed by atoms with Crippen LogP contribution in [0.3, 0.4) is 0 Å². The second kappa shape index (κ2) is 9.47. The number of hydrogen-bond donors (Lipinski definition) is 3. The van der Waals surface area contributed by atoms with Crippen molar-refractivity contribution in [3.05, 3.63) is 71.4 Å². The quantitative estimate of drug-likeness (QED) is 0.282. The SMILES string of the molecule is Cc1[nH]c2ccccc2c1CCN(C(C)C)S(=O)(=O)c1ccc(/C=C/C(=O)NO)cc1. The minimum absolute atomic E-state index is 0.195. The third kappa shape index (κ3) is 5.04. The summed E-state index contributed by atoms with van der Waals surface area (Å²) in [6.45, 7) is 6.10. The van der Waals surface area contributed by atoms with Crippen LogP contribution in [-0.2, 0) is 21.2 Å². The van der Waals surface area contributed by atoms with Crippen molar-refractivity contribution in [1.29, 1.82) is 0 Å². The fourth-order valence-electron chi connectivity index (χ4n) is 3.63. The fraction of sp³-hybridized carbons (Fsp3) is 0.261. The van der Waals surface area contributed by atoms with Crippen LogP contribution >= 0.6 is 0 Å². The maximum Gasteiger partial charge on any atom is 0.267 e. The van der Waals surface area contributed by atoms with Crippen LogP contribution < -0.4 is 5.48 Å². The third-order valence-electron chi connectivity index (χ3n) is 5.21. The van der Waals surface area contributed by atoms with E-state index in [0.717, 1.165) is 28.2 Å². The number of amides is 1. The Balaban J connectivity index is 1.82. The first-order valence-electron chi connectivity index (χ1n) is 10.0. The lowest BCUT2D eigenvalue weighted by atomic mass is 10.1. The highest BCUT2D eigenvalue weighted by atomic mass is 32.2.